The molecule has 2 aromatic heterocycles. The highest BCUT2D eigenvalue weighted by Gasteiger charge is 2.07. The maximum atomic E-state index is 10.8. The molecule has 0 aliphatic rings. The van der Waals surface area contributed by atoms with Crippen LogP contribution in [0.5, 0.6) is 0 Å². The molecule has 4 nitrogen and oxygen atoms in total. The van der Waals surface area contributed by atoms with Gasteiger partial charge in [-0.05, 0) is 28.1 Å². The number of hydrogen-bond donors (Lipinski definition) is 1. The van der Waals surface area contributed by atoms with Crippen LogP contribution >= 0.6 is 15.9 Å². The predicted octanol–water partition coefficient (Wildman–Crippen LogP) is 1.12. The highest BCUT2D eigenvalue weighted by atomic mass is 79.9. The number of pyridine rings is 1. The van der Waals surface area contributed by atoms with Gasteiger partial charge in [0.15, 0.2) is 5.65 Å². The summed E-state index contributed by atoms with van der Waals surface area (Å²) in [6, 6.07) is 3.78. The van der Waals surface area contributed by atoms with Crippen LogP contribution in [-0.2, 0) is 11.2 Å². The number of imidazole rings is 1. The molecule has 72 valence electrons. The minimum Gasteiger partial charge on any atom is -0.369 e. The summed E-state index contributed by atoms with van der Waals surface area (Å²) in [5.41, 5.74) is 6.72. The smallest absolute Gasteiger partial charge is 0.223 e. The van der Waals surface area contributed by atoms with E-state index in [1.807, 2.05) is 22.7 Å². The minimum atomic E-state index is -0.355. The number of amides is 1. The summed E-state index contributed by atoms with van der Waals surface area (Å²) in [6.45, 7) is 0. The Kier molecular flexibility index (Phi) is 2.25. The zero-order chi connectivity index (χ0) is 10.1. The number of nitrogens with zero attached hydrogens (tertiary/aromatic N) is 2. The molecule has 2 N–H and O–H groups in total. The van der Waals surface area contributed by atoms with Crippen molar-refractivity contribution in [3.05, 3.63) is 34.7 Å². The molecule has 0 fully saturated rings. The van der Waals surface area contributed by atoms with Crippen LogP contribution in [0.25, 0.3) is 5.65 Å². The van der Waals surface area contributed by atoms with Crippen LogP contribution in [0.3, 0.4) is 0 Å². The third-order valence-corrected chi connectivity index (χ3v) is 2.54. The van der Waals surface area contributed by atoms with Crippen LogP contribution in [0, 0.1) is 0 Å². The van der Waals surface area contributed by atoms with Crippen LogP contribution in [0.15, 0.2) is 29.0 Å². The Labute approximate surface area is 88.9 Å². The molecule has 2 rings (SSSR count). The lowest BCUT2D eigenvalue weighted by Gasteiger charge is -1.99. The van der Waals surface area contributed by atoms with Gasteiger partial charge in [-0.2, -0.15) is 0 Å². The van der Waals surface area contributed by atoms with E-state index in [-0.39, 0.29) is 12.3 Å². The van der Waals surface area contributed by atoms with Gasteiger partial charge in [-0.3, -0.25) is 4.79 Å². The van der Waals surface area contributed by atoms with Crippen molar-refractivity contribution in [1.82, 2.24) is 9.38 Å². The molecule has 0 aromatic carbocycles. The molecule has 0 unspecified atom stereocenters. The van der Waals surface area contributed by atoms with E-state index in [9.17, 15) is 4.79 Å². The number of hydrogen-bond acceptors (Lipinski definition) is 2. The third kappa shape index (κ3) is 1.50. The average molecular weight is 254 g/mol. The number of primary amides is 1. The summed E-state index contributed by atoms with van der Waals surface area (Å²) in [4.78, 5) is 14.9. The monoisotopic (exact) mass is 253 g/mol. The SMILES string of the molecule is NC(=O)Cc1cnc2c(Br)cccn12. The van der Waals surface area contributed by atoms with Gasteiger partial charge in [-0.25, -0.2) is 4.98 Å². The summed E-state index contributed by atoms with van der Waals surface area (Å²) < 4.78 is 2.74. The van der Waals surface area contributed by atoms with Crippen molar-refractivity contribution in [3.63, 3.8) is 0 Å². The first-order valence-electron chi connectivity index (χ1n) is 4.07. The molecule has 1 amide bonds. The Bertz CT molecular complexity index is 492. The molecule has 14 heavy (non-hydrogen) atoms. The second kappa shape index (κ2) is 3.42. The van der Waals surface area contributed by atoms with E-state index in [0.29, 0.717) is 0 Å². The fourth-order valence-electron chi connectivity index (χ4n) is 1.34. The van der Waals surface area contributed by atoms with Crippen LogP contribution in [0.1, 0.15) is 5.69 Å². The van der Waals surface area contributed by atoms with Crippen molar-refractivity contribution >= 4 is 27.5 Å². The van der Waals surface area contributed by atoms with E-state index in [1.165, 1.54) is 0 Å². The first-order chi connectivity index (χ1) is 6.68. The van der Waals surface area contributed by atoms with E-state index in [4.69, 9.17) is 5.73 Å². The molecule has 5 heteroatoms. The molecule has 0 radical (unpaired) electrons. The molecule has 0 bridgehead atoms. The summed E-state index contributed by atoms with van der Waals surface area (Å²) in [7, 11) is 0. The van der Waals surface area contributed by atoms with Gasteiger partial charge in [-0.1, -0.05) is 0 Å². The maximum absolute atomic E-state index is 10.8. The Hall–Kier alpha value is -1.36. The molecule has 0 saturated heterocycles. The molecular formula is C9H8BrN3O. The quantitative estimate of drug-likeness (QED) is 0.873. The lowest BCUT2D eigenvalue weighted by Crippen LogP contribution is -2.14. The standard InChI is InChI=1S/C9H8BrN3O/c10-7-2-1-3-13-6(4-8(11)14)5-12-9(7)13/h1-3,5H,4H2,(H2,11,14). The Morgan fingerprint density at radius 1 is 1.64 bits per heavy atom. The molecule has 0 atom stereocenters. The minimum absolute atomic E-state index is 0.206. The maximum Gasteiger partial charge on any atom is 0.223 e. The molecule has 0 aliphatic heterocycles. The molecule has 0 aliphatic carbocycles. The Balaban J connectivity index is 2.58. The second-order valence-electron chi connectivity index (χ2n) is 2.94. The zero-order valence-corrected chi connectivity index (χ0v) is 8.86. The van der Waals surface area contributed by atoms with Gasteiger partial charge in [0.2, 0.25) is 5.91 Å². The highest BCUT2D eigenvalue weighted by molar-refractivity contribution is 9.10. The van der Waals surface area contributed by atoms with E-state index < -0.39 is 0 Å². The van der Waals surface area contributed by atoms with E-state index >= 15 is 0 Å². The van der Waals surface area contributed by atoms with Gasteiger partial charge < -0.3 is 10.1 Å². The van der Waals surface area contributed by atoms with E-state index in [1.54, 1.807) is 6.20 Å². The molecule has 2 aromatic rings. The number of aromatic nitrogens is 2. The Morgan fingerprint density at radius 2 is 2.43 bits per heavy atom. The highest BCUT2D eigenvalue weighted by Crippen LogP contribution is 2.17. The fraction of sp³-hybridized carbons (Fsp3) is 0.111. The summed E-state index contributed by atoms with van der Waals surface area (Å²) >= 11 is 3.38. The number of rotatable bonds is 2. The number of carbonyl (C=O) groups is 1. The predicted molar refractivity (Wildman–Crippen MR) is 55.8 cm³/mol. The number of halogens is 1. The van der Waals surface area contributed by atoms with Crippen LogP contribution in [-0.4, -0.2) is 15.3 Å². The Morgan fingerprint density at radius 3 is 3.14 bits per heavy atom. The number of fused-ring (bicyclic) bond motifs is 1. The van der Waals surface area contributed by atoms with Crippen molar-refractivity contribution in [3.8, 4) is 0 Å². The normalized spacial score (nSPS) is 10.6. The van der Waals surface area contributed by atoms with Crippen molar-refractivity contribution in [2.75, 3.05) is 0 Å². The lowest BCUT2D eigenvalue weighted by atomic mass is 10.3. The van der Waals surface area contributed by atoms with Crippen molar-refractivity contribution in [2.24, 2.45) is 5.73 Å². The summed E-state index contributed by atoms with van der Waals surface area (Å²) in [5.74, 6) is -0.355. The van der Waals surface area contributed by atoms with Crippen molar-refractivity contribution in [1.29, 1.82) is 0 Å². The largest absolute Gasteiger partial charge is 0.369 e. The molecular weight excluding hydrogens is 246 g/mol. The first-order valence-corrected chi connectivity index (χ1v) is 4.86. The van der Waals surface area contributed by atoms with Crippen LogP contribution in [0.4, 0.5) is 0 Å². The molecule has 0 saturated carbocycles. The van der Waals surface area contributed by atoms with Crippen molar-refractivity contribution < 1.29 is 4.79 Å². The number of carbonyl (C=O) groups excluding carboxylic acids is 1. The van der Waals surface area contributed by atoms with Gasteiger partial charge in [-0.15, -0.1) is 0 Å². The van der Waals surface area contributed by atoms with Crippen molar-refractivity contribution in [2.45, 2.75) is 6.42 Å². The van der Waals surface area contributed by atoms with Gasteiger partial charge in [0.25, 0.3) is 0 Å². The van der Waals surface area contributed by atoms with Crippen LogP contribution in [0.2, 0.25) is 0 Å². The summed E-state index contributed by atoms with van der Waals surface area (Å²) in [5, 5.41) is 0. The molecule has 0 spiro atoms. The zero-order valence-electron chi connectivity index (χ0n) is 7.27. The second-order valence-corrected chi connectivity index (χ2v) is 3.80. The third-order valence-electron chi connectivity index (χ3n) is 1.92. The first kappa shape index (κ1) is 9.21. The number of nitrogens with two attached hydrogens (primary N) is 1. The van der Waals surface area contributed by atoms with Gasteiger partial charge in [0, 0.05) is 12.4 Å². The van der Waals surface area contributed by atoms with E-state index in [0.717, 1.165) is 15.8 Å². The van der Waals surface area contributed by atoms with Gasteiger partial charge in [0.1, 0.15) is 0 Å². The molecule has 2 heterocycles. The van der Waals surface area contributed by atoms with Crippen LogP contribution < -0.4 is 5.73 Å². The van der Waals surface area contributed by atoms with Gasteiger partial charge >= 0.3 is 0 Å². The van der Waals surface area contributed by atoms with E-state index in [2.05, 4.69) is 20.9 Å². The fourth-order valence-corrected chi connectivity index (χ4v) is 1.78. The average Bonchev–Trinajstić information content (AvgIpc) is 2.49. The topological polar surface area (TPSA) is 60.4 Å². The van der Waals surface area contributed by atoms with Gasteiger partial charge in [0.05, 0.1) is 16.6 Å². The lowest BCUT2D eigenvalue weighted by molar-refractivity contribution is -0.117. The summed E-state index contributed by atoms with van der Waals surface area (Å²) in [6.07, 6.45) is 3.72.